The monoisotopic (exact) mass is 259 g/mol. The van der Waals surface area contributed by atoms with E-state index in [4.69, 9.17) is 5.73 Å². The Kier molecular flexibility index (Phi) is 3.28. The number of nitrogens with one attached hydrogen (secondary N) is 1. The smallest absolute Gasteiger partial charge is 0.126 e. The van der Waals surface area contributed by atoms with Crippen LogP contribution in [0.25, 0.3) is 10.9 Å². The van der Waals surface area contributed by atoms with Crippen LogP contribution in [0.3, 0.4) is 0 Å². The van der Waals surface area contributed by atoms with Crippen molar-refractivity contribution in [2.24, 2.45) is 0 Å². The predicted molar refractivity (Wildman–Crippen MR) is 80.1 cm³/mol. The number of pyridine rings is 1. The van der Waals surface area contributed by atoms with Crippen LogP contribution in [0.2, 0.25) is 0 Å². The third kappa shape index (κ3) is 2.53. The summed E-state index contributed by atoms with van der Waals surface area (Å²) < 4.78 is 0. The fourth-order valence-electron chi connectivity index (χ4n) is 2.27. The SMILES string of the molecule is Nc1ccc2nc(NCC3CCCS3)ccc2c1. The van der Waals surface area contributed by atoms with Crippen LogP contribution >= 0.6 is 11.8 Å². The molecule has 3 nitrogen and oxygen atoms in total. The number of hydrogen-bond donors (Lipinski definition) is 2. The lowest BCUT2D eigenvalue weighted by molar-refractivity contribution is 0.804. The lowest BCUT2D eigenvalue weighted by Gasteiger charge is -2.11. The summed E-state index contributed by atoms with van der Waals surface area (Å²) in [7, 11) is 0. The van der Waals surface area contributed by atoms with Crippen LogP contribution in [0.1, 0.15) is 12.8 Å². The van der Waals surface area contributed by atoms with Crippen molar-refractivity contribution in [3.8, 4) is 0 Å². The minimum atomic E-state index is 0.744. The number of benzene rings is 1. The highest BCUT2D eigenvalue weighted by molar-refractivity contribution is 8.00. The zero-order valence-electron chi connectivity index (χ0n) is 10.2. The van der Waals surface area contributed by atoms with Crippen molar-refractivity contribution in [2.75, 3.05) is 23.3 Å². The third-order valence-corrected chi connectivity index (χ3v) is 4.65. The molecule has 2 aromatic rings. The summed E-state index contributed by atoms with van der Waals surface area (Å²) in [5.41, 5.74) is 7.54. The van der Waals surface area contributed by atoms with Gasteiger partial charge in [-0.2, -0.15) is 11.8 Å². The molecule has 18 heavy (non-hydrogen) atoms. The quantitative estimate of drug-likeness (QED) is 0.832. The molecule has 4 heteroatoms. The van der Waals surface area contributed by atoms with E-state index in [9.17, 15) is 0 Å². The van der Waals surface area contributed by atoms with Crippen LogP contribution in [0.4, 0.5) is 11.5 Å². The molecule has 2 heterocycles. The van der Waals surface area contributed by atoms with Crippen molar-refractivity contribution in [1.29, 1.82) is 0 Å². The fourth-order valence-corrected chi connectivity index (χ4v) is 3.47. The van der Waals surface area contributed by atoms with Crippen LogP contribution in [-0.2, 0) is 0 Å². The number of anilines is 2. The molecule has 1 aliphatic heterocycles. The molecule has 0 aliphatic carbocycles. The Bertz CT molecular complexity index is 550. The average molecular weight is 259 g/mol. The Morgan fingerprint density at radius 3 is 3.11 bits per heavy atom. The molecule has 3 N–H and O–H groups in total. The van der Waals surface area contributed by atoms with Crippen LogP contribution in [0, 0.1) is 0 Å². The fraction of sp³-hybridized carbons (Fsp3) is 0.357. The molecule has 1 saturated heterocycles. The van der Waals surface area contributed by atoms with E-state index in [0.717, 1.165) is 34.2 Å². The van der Waals surface area contributed by atoms with Gasteiger partial charge in [0.15, 0.2) is 0 Å². The topological polar surface area (TPSA) is 50.9 Å². The molecule has 1 unspecified atom stereocenters. The Hall–Kier alpha value is -1.42. The van der Waals surface area contributed by atoms with Crippen molar-refractivity contribution in [3.05, 3.63) is 30.3 Å². The van der Waals surface area contributed by atoms with E-state index in [0.29, 0.717) is 0 Å². The molecule has 1 atom stereocenters. The number of fused-ring (bicyclic) bond motifs is 1. The first-order chi connectivity index (χ1) is 8.81. The molecule has 1 aliphatic rings. The summed E-state index contributed by atoms with van der Waals surface area (Å²) in [6, 6.07) is 9.93. The van der Waals surface area contributed by atoms with E-state index in [2.05, 4.69) is 28.1 Å². The number of nitrogen functional groups attached to an aromatic ring is 1. The Morgan fingerprint density at radius 1 is 1.33 bits per heavy atom. The number of nitrogens with zero attached hydrogens (tertiary/aromatic N) is 1. The van der Waals surface area contributed by atoms with E-state index in [1.807, 2.05) is 24.3 Å². The van der Waals surface area contributed by atoms with Gasteiger partial charge in [-0.15, -0.1) is 0 Å². The predicted octanol–water partition coefficient (Wildman–Crippen LogP) is 3.12. The Labute approximate surface area is 111 Å². The van der Waals surface area contributed by atoms with Crippen molar-refractivity contribution >= 4 is 34.2 Å². The molecule has 1 aromatic carbocycles. The van der Waals surface area contributed by atoms with Gasteiger partial charge in [0.25, 0.3) is 0 Å². The number of rotatable bonds is 3. The van der Waals surface area contributed by atoms with Gasteiger partial charge in [0, 0.05) is 22.9 Å². The highest BCUT2D eigenvalue weighted by Crippen LogP contribution is 2.26. The summed E-state index contributed by atoms with van der Waals surface area (Å²) in [5, 5.41) is 5.27. The van der Waals surface area contributed by atoms with E-state index in [1.165, 1.54) is 18.6 Å². The van der Waals surface area contributed by atoms with Gasteiger partial charge in [-0.1, -0.05) is 0 Å². The van der Waals surface area contributed by atoms with E-state index in [-0.39, 0.29) is 0 Å². The summed E-state index contributed by atoms with van der Waals surface area (Å²) in [5.74, 6) is 2.26. The van der Waals surface area contributed by atoms with E-state index in [1.54, 1.807) is 0 Å². The van der Waals surface area contributed by atoms with Gasteiger partial charge in [-0.25, -0.2) is 4.98 Å². The maximum Gasteiger partial charge on any atom is 0.126 e. The second-order valence-electron chi connectivity index (χ2n) is 4.66. The summed E-state index contributed by atoms with van der Waals surface area (Å²) in [6.45, 7) is 1.01. The van der Waals surface area contributed by atoms with Gasteiger partial charge >= 0.3 is 0 Å². The average Bonchev–Trinajstić information content (AvgIpc) is 2.89. The molecule has 94 valence electrons. The van der Waals surface area contributed by atoms with Crippen molar-refractivity contribution in [1.82, 2.24) is 4.98 Å². The lowest BCUT2D eigenvalue weighted by atomic mass is 10.2. The molecule has 1 fully saturated rings. The van der Waals surface area contributed by atoms with Gasteiger partial charge in [0.1, 0.15) is 5.82 Å². The summed E-state index contributed by atoms with van der Waals surface area (Å²) >= 11 is 2.06. The molecule has 0 spiro atoms. The molecule has 0 amide bonds. The number of thioether (sulfide) groups is 1. The van der Waals surface area contributed by atoms with Crippen LogP contribution in [0.5, 0.6) is 0 Å². The van der Waals surface area contributed by atoms with Gasteiger partial charge in [0.05, 0.1) is 5.52 Å². The molecular formula is C14H17N3S. The second kappa shape index (κ2) is 5.06. The van der Waals surface area contributed by atoms with Crippen LogP contribution in [-0.4, -0.2) is 22.5 Å². The molecule has 3 rings (SSSR count). The van der Waals surface area contributed by atoms with Crippen molar-refractivity contribution < 1.29 is 0 Å². The van der Waals surface area contributed by atoms with Gasteiger partial charge in [0.2, 0.25) is 0 Å². The minimum Gasteiger partial charge on any atom is -0.399 e. The molecule has 0 bridgehead atoms. The second-order valence-corrected chi connectivity index (χ2v) is 6.07. The Morgan fingerprint density at radius 2 is 2.28 bits per heavy atom. The zero-order valence-corrected chi connectivity index (χ0v) is 11.0. The first kappa shape index (κ1) is 11.7. The first-order valence-electron chi connectivity index (χ1n) is 6.33. The van der Waals surface area contributed by atoms with Gasteiger partial charge in [-0.05, 0) is 48.9 Å². The highest BCUT2D eigenvalue weighted by atomic mass is 32.2. The van der Waals surface area contributed by atoms with Crippen LogP contribution in [0.15, 0.2) is 30.3 Å². The number of aromatic nitrogens is 1. The lowest BCUT2D eigenvalue weighted by Crippen LogP contribution is -2.14. The molecule has 1 aromatic heterocycles. The number of hydrogen-bond acceptors (Lipinski definition) is 4. The first-order valence-corrected chi connectivity index (χ1v) is 7.38. The number of nitrogens with two attached hydrogens (primary N) is 1. The molecule has 0 saturated carbocycles. The zero-order chi connectivity index (χ0) is 12.4. The normalized spacial score (nSPS) is 19.2. The van der Waals surface area contributed by atoms with Crippen molar-refractivity contribution in [2.45, 2.75) is 18.1 Å². The highest BCUT2D eigenvalue weighted by Gasteiger charge is 2.15. The van der Waals surface area contributed by atoms with E-state index >= 15 is 0 Å². The summed E-state index contributed by atoms with van der Waals surface area (Å²) in [4.78, 5) is 4.60. The maximum atomic E-state index is 5.76. The van der Waals surface area contributed by atoms with Crippen molar-refractivity contribution in [3.63, 3.8) is 0 Å². The minimum absolute atomic E-state index is 0.744. The largest absolute Gasteiger partial charge is 0.399 e. The maximum absolute atomic E-state index is 5.76. The summed E-state index contributed by atoms with van der Waals surface area (Å²) in [6.07, 6.45) is 2.67. The Balaban J connectivity index is 1.74. The van der Waals surface area contributed by atoms with Gasteiger partial charge < -0.3 is 11.1 Å². The molecule has 0 radical (unpaired) electrons. The van der Waals surface area contributed by atoms with E-state index < -0.39 is 0 Å². The third-order valence-electron chi connectivity index (χ3n) is 3.25. The van der Waals surface area contributed by atoms with Gasteiger partial charge in [-0.3, -0.25) is 0 Å². The van der Waals surface area contributed by atoms with Crippen LogP contribution < -0.4 is 11.1 Å². The standard InChI is InChI=1S/C14H17N3S/c15-11-4-5-13-10(8-11)3-6-14(17-13)16-9-12-2-1-7-18-12/h3-6,8,12H,1-2,7,9,15H2,(H,16,17). The molecular weight excluding hydrogens is 242 g/mol.